The van der Waals surface area contributed by atoms with E-state index >= 15 is 0 Å². The lowest BCUT2D eigenvalue weighted by molar-refractivity contribution is -0.132. The molecule has 3 N–H and O–H groups in total. The van der Waals surface area contributed by atoms with Gasteiger partial charge in [-0.2, -0.15) is 5.01 Å². The van der Waals surface area contributed by atoms with Gasteiger partial charge in [-0.3, -0.25) is 10.2 Å². The number of hydrogen-bond acceptors (Lipinski definition) is 4. The number of hydrazine groups is 1. The Kier molecular flexibility index (Phi) is 4.46. The van der Waals surface area contributed by atoms with Gasteiger partial charge < -0.3 is 15.4 Å². The van der Waals surface area contributed by atoms with Crippen molar-refractivity contribution >= 4 is 29.3 Å². The van der Waals surface area contributed by atoms with Crippen molar-refractivity contribution in [2.24, 2.45) is 11.8 Å². The Labute approximate surface area is 163 Å². The summed E-state index contributed by atoms with van der Waals surface area (Å²) in [7, 11) is 1.56. The molecule has 7 nitrogen and oxygen atoms in total. The van der Waals surface area contributed by atoms with Gasteiger partial charge in [-0.25, -0.2) is 4.79 Å². The highest BCUT2D eigenvalue weighted by Crippen LogP contribution is 2.44. The molecule has 27 heavy (non-hydrogen) atoms. The normalized spacial score (nSPS) is 31.8. The number of imide groups is 1. The third-order valence-electron chi connectivity index (χ3n) is 6.11. The molecule has 2 aliphatic carbocycles. The molecule has 1 heterocycles. The molecule has 2 bridgehead atoms. The molecule has 144 valence electrons. The van der Waals surface area contributed by atoms with E-state index in [1.807, 2.05) is 0 Å². The van der Waals surface area contributed by atoms with Gasteiger partial charge in [-0.15, -0.1) is 0 Å². The molecule has 8 heteroatoms. The first-order valence-corrected chi connectivity index (χ1v) is 9.70. The van der Waals surface area contributed by atoms with Crippen LogP contribution in [0.5, 0.6) is 5.75 Å². The lowest BCUT2D eigenvalue weighted by atomic mass is 9.92. The van der Waals surface area contributed by atoms with E-state index in [9.17, 15) is 9.59 Å². The van der Waals surface area contributed by atoms with Crippen LogP contribution in [0, 0.1) is 11.8 Å². The zero-order chi connectivity index (χ0) is 19.2. The molecular formula is C19H24N4O3S. The fraction of sp³-hybridized carbons (Fsp3) is 0.526. The molecule has 1 saturated heterocycles. The summed E-state index contributed by atoms with van der Waals surface area (Å²) in [6.07, 6.45) is 4.88. The molecule has 0 spiro atoms. The first kappa shape index (κ1) is 18.0. The van der Waals surface area contributed by atoms with E-state index in [0.29, 0.717) is 28.4 Å². The summed E-state index contributed by atoms with van der Waals surface area (Å²) in [6, 6.07) is 6.91. The summed E-state index contributed by atoms with van der Waals surface area (Å²) in [6.45, 7) is 1.68. The third-order valence-corrected chi connectivity index (χ3v) is 6.32. The van der Waals surface area contributed by atoms with Gasteiger partial charge in [0.2, 0.25) is 0 Å². The second-order valence-electron chi connectivity index (χ2n) is 7.79. The number of nitrogens with one attached hydrogen (secondary N) is 3. The second-order valence-corrected chi connectivity index (χ2v) is 8.20. The highest BCUT2D eigenvalue weighted by Gasteiger charge is 2.50. The van der Waals surface area contributed by atoms with Crippen molar-refractivity contribution in [1.29, 1.82) is 0 Å². The molecular weight excluding hydrogens is 364 g/mol. The molecule has 0 radical (unpaired) electrons. The summed E-state index contributed by atoms with van der Waals surface area (Å²) in [4.78, 5) is 25.4. The predicted molar refractivity (Wildman–Crippen MR) is 104 cm³/mol. The van der Waals surface area contributed by atoms with Crippen LogP contribution in [0.15, 0.2) is 24.3 Å². The van der Waals surface area contributed by atoms with Crippen LogP contribution in [0.2, 0.25) is 0 Å². The van der Waals surface area contributed by atoms with Gasteiger partial charge in [0.15, 0.2) is 5.11 Å². The minimum Gasteiger partial charge on any atom is -0.497 e. The van der Waals surface area contributed by atoms with Gasteiger partial charge in [-0.05, 0) is 67.9 Å². The van der Waals surface area contributed by atoms with Crippen molar-refractivity contribution in [3.05, 3.63) is 29.8 Å². The van der Waals surface area contributed by atoms with Crippen molar-refractivity contribution in [2.75, 3.05) is 7.11 Å². The summed E-state index contributed by atoms with van der Waals surface area (Å²) in [5.74, 6) is 1.64. The minimum absolute atomic E-state index is 0.311. The van der Waals surface area contributed by atoms with Crippen LogP contribution in [0.3, 0.4) is 0 Å². The van der Waals surface area contributed by atoms with Gasteiger partial charge in [0.25, 0.3) is 5.91 Å². The lowest BCUT2D eigenvalue weighted by Gasteiger charge is -2.26. The molecule has 3 amide bonds. The van der Waals surface area contributed by atoms with E-state index in [4.69, 9.17) is 17.0 Å². The van der Waals surface area contributed by atoms with E-state index in [1.54, 1.807) is 38.3 Å². The first-order chi connectivity index (χ1) is 12.9. The van der Waals surface area contributed by atoms with E-state index in [2.05, 4.69) is 16.1 Å². The van der Waals surface area contributed by atoms with Gasteiger partial charge in [0.1, 0.15) is 11.3 Å². The maximum absolute atomic E-state index is 13.0. The number of nitrogens with zero attached hydrogens (tertiary/aromatic N) is 1. The van der Waals surface area contributed by atoms with Crippen LogP contribution in [-0.2, 0) is 10.3 Å². The van der Waals surface area contributed by atoms with Gasteiger partial charge in [0.05, 0.1) is 7.11 Å². The average molecular weight is 388 g/mol. The fourth-order valence-corrected chi connectivity index (χ4v) is 4.84. The molecule has 3 fully saturated rings. The predicted octanol–water partition coefficient (Wildman–Crippen LogP) is 2.03. The molecule has 1 aromatic carbocycles. The summed E-state index contributed by atoms with van der Waals surface area (Å²) >= 11 is 5.36. The summed E-state index contributed by atoms with van der Waals surface area (Å²) in [5, 5.41) is 7.32. The largest absolute Gasteiger partial charge is 0.497 e. The molecule has 0 aromatic heterocycles. The number of carbonyl (C=O) groups is 2. The van der Waals surface area contributed by atoms with Crippen molar-refractivity contribution in [2.45, 2.75) is 44.2 Å². The number of rotatable bonds is 4. The van der Waals surface area contributed by atoms with E-state index < -0.39 is 17.5 Å². The lowest BCUT2D eigenvalue weighted by Crippen LogP contribution is -2.53. The van der Waals surface area contributed by atoms with Crippen LogP contribution < -0.4 is 20.8 Å². The molecule has 2 saturated carbocycles. The maximum Gasteiger partial charge on any atom is 0.344 e. The highest BCUT2D eigenvalue weighted by molar-refractivity contribution is 7.80. The number of hydrogen-bond donors (Lipinski definition) is 3. The van der Waals surface area contributed by atoms with Crippen LogP contribution in [0.25, 0.3) is 0 Å². The van der Waals surface area contributed by atoms with Gasteiger partial charge in [0, 0.05) is 6.04 Å². The van der Waals surface area contributed by atoms with Gasteiger partial charge in [-0.1, -0.05) is 18.6 Å². The third kappa shape index (κ3) is 3.12. The highest BCUT2D eigenvalue weighted by atomic mass is 32.1. The quantitative estimate of drug-likeness (QED) is 0.541. The first-order valence-electron chi connectivity index (χ1n) is 9.29. The number of carbonyl (C=O) groups excluding carboxylic acids is 2. The number of amides is 3. The molecule has 4 atom stereocenters. The monoisotopic (exact) mass is 388 g/mol. The number of fused-ring (bicyclic) bond motifs is 2. The maximum atomic E-state index is 13.0. The zero-order valence-corrected chi connectivity index (χ0v) is 16.3. The number of methoxy groups -OCH3 is 1. The molecule has 4 rings (SSSR count). The van der Waals surface area contributed by atoms with E-state index in [1.165, 1.54) is 19.3 Å². The molecule has 0 unspecified atom stereocenters. The Hall–Kier alpha value is -2.35. The van der Waals surface area contributed by atoms with E-state index in [-0.39, 0.29) is 0 Å². The second kappa shape index (κ2) is 6.67. The average Bonchev–Trinajstić information content (AvgIpc) is 3.33. The molecule has 1 aromatic rings. The number of ether oxygens (including phenoxy) is 1. The topological polar surface area (TPSA) is 82.7 Å². The fourth-order valence-electron chi connectivity index (χ4n) is 4.59. The van der Waals surface area contributed by atoms with Crippen LogP contribution in [-0.4, -0.2) is 35.2 Å². The standard InChI is InChI=1S/C19H24N4O3S/c1-19(13-4-3-5-14(10-13)26-2)16(24)23(18(25)21-19)22-17(27)20-15-9-11-6-7-12(15)8-11/h3-5,10-12,15H,6-9H2,1-2H3,(H,21,25)(H2,20,22,27)/t11-,12-,15+,19+/m0/s1. The Bertz CT molecular complexity index is 801. The van der Waals surface area contributed by atoms with Gasteiger partial charge >= 0.3 is 6.03 Å². The van der Waals surface area contributed by atoms with Crippen LogP contribution in [0.1, 0.15) is 38.2 Å². The number of benzene rings is 1. The SMILES string of the molecule is COc1cccc([C@@]2(C)NC(=O)N(NC(=S)N[C@@H]3C[C@H]4CC[C@H]3C4)C2=O)c1. The summed E-state index contributed by atoms with van der Waals surface area (Å²) < 4.78 is 5.23. The minimum atomic E-state index is -1.18. The Morgan fingerprint density at radius 2 is 2.15 bits per heavy atom. The summed E-state index contributed by atoms with van der Waals surface area (Å²) in [5.41, 5.74) is 2.25. The zero-order valence-electron chi connectivity index (χ0n) is 15.5. The Balaban J connectivity index is 1.45. The Morgan fingerprint density at radius 1 is 1.33 bits per heavy atom. The van der Waals surface area contributed by atoms with Crippen molar-refractivity contribution in [3.63, 3.8) is 0 Å². The van der Waals surface area contributed by atoms with Crippen molar-refractivity contribution < 1.29 is 14.3 Å². The number of thiocarbonyl (C=S) groups is 1. The molecule has 3 aliphatic rings. The Morgan fingerprint density at radius 3 is 2.81 bits per heavy atom. The van der Waals surface area contributed by atoms with Crippen LogP contribution in [0.4, 0.5) is 4.79 Å². The van der Waals surface area contributed by atoms with E-state index in [0.717, 1.165) is 17.3 Å². The number of urea groups is 1. The van der Waals surface area contributed by atoms with Crippen molar-refractivity contribution in [3.8, 4) is 5.75 Å². The van der Waals surface area contributed by atoms with Crippen molar-refractivity contribution in [1.82, 2.24) is 21.1 Å². The van der Waals surface area contributed by atoms with Crippen LogP contribution >= 0.6 is 12.2 Å². The smallest absolute Gasteiger partial charge is 0.344 e. The molecule has 1 aliphatic heterocycles.